The van der Waals surface area contributed by atoms with Gasteiger partial charge in [0, 0.05) is 10.9 Å². The number of hydrogen-bond acceptors (Lipinski definition) is 3. The topological polar surface area (TPSA) is 64.7 Å². The molecule has 0 saturated heterocycles. The van der Waals surface area contributed by atoms with Gasteiger partial charge < -0.3 is 5.32 Å². The second kappa shape index (κ2) is 7.61. The lowest BCUT2D eigenvalue weighted by Gasteiger charge is -2.09. The number of benzene rings is 1. The molecule has 1 amide bonds. The molecule has 1 aliphatic carbocycles. The van der Waals surface area contributed by atoms with Gasteiger partial charge in [-0.15, -0.1) is 0 Å². The maximum atomic E-state index is 12.8. The van der Waals surface area contributed by atoms with E-state index in [0.29, 0.717) is 11.7 Å². The molecule has 0 aliphatic heterocycles. The quantitative estimate of drug-likeness (QED) is 0.565. The lowest BCUT2D eigenvalue weighted by molar-refractivity contribution is -0.117. The molecule has 29 heavy (non-hydrogen) atoms. The molecule has 2 aromatic heterocycles. The van der Waals surface area contributed by atoms with E-state index in [4.69, 9.17) is 11.6 Å². The Bertz CT molecular complexity index is 1090. The minimum Gasteiger partial charge on any atom is -0.323 e. The van der Waals surface area contributed by atoms with Gasteiger partial charge in [0.05, 0.1) is 32.9 Å². The number of nitrogens with one attached hydrogen (secondary N) is 1. The van der Waals surface area contributed by atoms with Crippen molar-refractivity contribution >= 4 is 39.1 Å². The SMILES string of the molecule is Cc1nn(Cn2nc(C)c(NC(=O)[C@@H]3C[C@H]3c3ccc(Cl)cc3)c2C)c(C)c1Br. The third kappa shape index (κ3) is 3.85. The fourth-order valence-electron chi connectivity index (χ4n) is 3.73. The first kappa shape index (κ1) is 20.2. The van der Waals surface area contributed by atoms with Gasteiger partial charge in [0.1, 0.15) is 6.67 Å². The lowest BCUT2D eigenvalue weighted by atomic mass is 10.1. The van der Waals surface area contributed by atoms with E-state index in [9.17, 15) is 4.79 Å². The van der Waals surface area contributed by atoms with Crippen LogP contribution < -0.4 is 5.32 Å². The minimum absolute atomic E-state index is 0.00899. The number of anilines is 1. The Hall–Kier alpha value is -2.12. The molecule has 2 atom stereocenters. The molecule has 1 saturated carbocycles. The van der Waals surface area contributed by atoms with Crippen molar-refractivity contribution in [1.82, 2.24) is 19.6 Å². The maximum absolute atomic E-state index is 12.8. The van der Waals surface area contributed by atoms with E-state index in [-0.39, 0.29) is 17.7 Å². The summed E-state index contributed by atoms with van der Waals surface area (Å²) >= 11 is 9.52. The number of aryl methyl sites for hydroxylation is 2. The highest BCUT2D eigenvalue weighted by Crippen LogP contribution is 2.48. The van der Waals surface area contributed by atoms with Crippen LogP contribution in [0, 0.1) is 33.6 Å². The number of amides is 1. The Morgan fingerprint density at radius 3 is 2.34 bits per heavy atom. The monoisotopic (exact) mass is 475 g/mol. The number of carbonyl (C=O) groups is 1. The van der Waals surface area contributed by atoms with Crippen LogP contribution in [0.4, 0.5) is 5.69 Å². The molecule has 152 valence electrons. The van der Waals surface area contributed by atoms with E-state index < -0.39 is 0 Å². The predicted molar refractivity (Wildman–Crippen MR) is 117 cm³/mol. The van der Waals surface area contributed by atoms with Crippen LogP contribution in [0.25, 0.3) is 0 Å². The summed E-state index contributed by atoms with van der Waals surface area (Å²) in [7, 11) is 0. The highest BCUT2D eigenvalue weighted by atomic mass is 79.9. The largest absolute Gasteiger partial charge is 0.323 e. The highest BCUT2D eigenvalue weighted by Gasteiger charge is 2.44. The van der Waals surface area contributed by atoms with Crippen LogP contribution in [-0.2, 0) is 11.5 Å². The molecule has 8 heteroatoms. The molecule has 1 aromatic carbocycles. The van der Waals surface area contributed by atoms with E-state index in [1.807, 2.05) is 61.3 Å². The Balaban J connectivity index is 1.47. The van der Waals surface area contributed by atoms with Crippen molar-refractivity contribution in [2.45, 2.75) is 46.7 Å². The van der Waals surface area contributed by atoms with Crippen LogP contribution in [0.1, 0.15) is 40.7 Å². The third-order valence-corrected chi connectivity index (χ3v) is 7.02. The van der Waals surface area contributed by atoms with Crippen LogP contribution in [0.15, 0.2) is 28.7 Å². The summed E-state index contributed by atoms with van der Waals surface area (Å²) in [6.07, 6.45) is 0.861. The molecule has 1 aliphatic rings. The number of carbonyl (C=O) groups excluding carboxylic acids is 1. The molecule has 4 rings (SSSR count). The first-order valence-corrected chi connectivity index (χ1v) is 10.7. The number of nitrogens with zero attached hydrogens (tertiary/aromatic N) is 4. The maximum Gasteiger partial charge on any atom is 0.228 e. The zero-order valence-electron chi connectivity index (χ0n) is 16.8. The minimum atomic E-state index is -0.00899. The molecule has 1 fully saturated rings. The average molecular weight is 477 g/mol. The van der Waals surface area contributed by atoms with Crippen molar-refractivity contribution in [2.24, 2.45) is 5.92 Å². The summed E-state index contributed by atoms with van der Waals surface area (Å²) < 4.78 is 4.79. The van der Waals surface area contributed by atoms with Gasteiger partial charge in [-0.2, -0.15) is 10.2 Å². The molecule has 0 spiro atoms. The van der Waals surface area contributed by atoms with Crippen LogP contribution in [-0.4, -0.2) is 25.5 Å². The average Bonchev–Trinajstić information content (AvgIpc) is 3.40. The van der Waals surface area contributed by atoms with Crippen molar-refractivity contribution in [1.29, 1.82) is 0 Å². The van der Waals surface area contributed by atoms with Crippen LogP contribution >= 0.6 is 27.5 Å². The summed E-state index contributed by atoms with van der Waals surface area (Å²) in [5, 5.41) is 13.0. The molecule has 2 heterocycles. The van der Waals surface area contributed by atoms with E-state index in [2.05, 4.69) is 31.4 Å². The van der Waals surface area contributed by atoms with E-state index >= 15 is 0 Å². The van der Waals surface area contributed by atoms with E-state index in [0.717, 1.165) is 44.9 Å². The van der Waals surface area contributed by atoms with Gasteiger partial charge in [0.25, 0.3) is 0 Å². The number of aromatic nitrogens is 4. The van der Waals surface area contributed by atoms with Gasteiger partial charge in [0.2, 0.25) is 5.91 Å². The van der Waals surface area contributed by atoms with Gasteiger partial charge in [-0.05, 0) is 73.7 Å². The Morgan fingerprint density at radius 1 is 1.10 bits per heavy atom. The van der Waals surface area contributed by atoms with E-state index in [1.54, 1.807) is 0 Å². The van der Waals surface area contributed by atoms with Gasteiger partial charge in [-0.3, -0.25) is 4.79 Å². The van der Waals surface area contributed by atoms with Crippen molar-refractivity contribution in [3.05, 3.63) is 62.1 Å². The number of hydrogen-bond donors (Lipinski definition) is 1. The normalized spacial score (nSPS) is 18.1. The fraction of sp³-hybridized carbons (Fsp3) is 0.381. The third-order valence-electron chi connectivity index (χ3n) is 5.62. The zero-order chi connectivity index (χ0) is 20.9. The molecule has 6 nitrogen and oxygen atoms in total. The molecule has 0 unspecified atom stereocenters. The molecule has 1 N–H and O–H groups in total. The molecule has 3 aromatic rings. The molecule has 0 bridgehead atoms. The van der Waals surface area contributed by atoms with Gasteiger partial charge in [-0.1, -0.05) is 23.7 Å². The summed E-state index contributed by atoms with van der Waals surface area (Å²) in [5.74, 6) is 0.296. The zero-order valence-corrected chi connectivity index (χ0v) is 19.2. The first-order valence-electron chi connectivity index (χ1n) is 9.56. The summed E-state index contributed by atoms with van der Waals surface area (Å²) in [6, 6.07) is 7.75. The van der Waals surface area contributed by atoms with Crippen molar-refractivity contribution in [2.75, 3.05) is 5.32 Å². The molecule has 0 radical (unpaired) electrons. The van der Waals surface area contributed by atoms with Crippen LogP contribution in [0.3, 0.4) is 0 Å². The van der Waals surface area contributed by atoms with Crippen LogP contribution in [0.2, 0.25) is 5.02 Å². The Kier molecular flexibility index (Phi) is 5.29. The second-order valence-corrected chi connectivity index (χ2v) is 8.89. The smallest absolute Gasteiger partial charge is 0.228 e. The van der Waals surface area contributed by atoms with Gasteiger partial charge >= 0.3 is 0 Å². The second-order valence-electron chi connectivity index (χ2n) is 7.66. The summed E-state index contributed by atoms with van der Waals surface area (Å²) in [6.45, 7) is 8.37. The Labute approximate surface area is 183 Å². The first-order chi connectivity index (χ1) is 13.8. The molecular formula is C21H23BrClN5O. The van der Waals surface area contributed by atoms with Crippen molar-refractivity contribution in [3.63, 3.8) is 0 Å². The van der Waals surface area contributed by atoms with E-state index in [1.165, 1.54) is 0 Å². The number of halogens is 2. The highest BCUT2D eigenvalue weighted by molar-refractivity contribution is 9.10. The van der Waals surface area contributed by atoms with Gasteiger partial charge in [-0.25, -0.2) is 9.36 Å². The predicted octanol–water partition coefficient (Wildman–Crippen LogP) is 4.98. The molecular weight excluding hydrogens is 454 g/mol. The number of rotatable bonds is 5. The van der Waals surface area contributed by atoms with Gasteiger partial charge in [0.15, 0.2) is 0 Å². The van der Waals surface area contributed by atoms with Crippen molar-refractivity contribution < 1.29 is 4.79 Å². The standard InChI is InChI=1S/C21H23BrClN5O/c1-11-19(22)13(3)27(25-11)10-28-14(4)20(12(2)26-28)24-21(29)18-9-17(18)15-5-7-16(23)8-6-15/h5-8,17-18H,9-10H2,1-4H3,(H,24,29)/t17-,18+/m0/s1. The lowest BCUT2D eigenvalue weighted by Crippen LogP contribution is -2.17. The Morgan fingerprint density at radius 2 is 1.72 bits per heavy atom. The van der Waals surface area contributed by atoms with Crippen molar-refractivity contribution in [3.8, 4) is 0 Å². The summed E-state index contributed by atoms with van der Waals surface area (Å²) in [4.78, 5) is 12.8. The fourth-order valence-corrected chi connectivity index (χ4v) is 4.14. The van der Waals surface area contributed by atoms with Crippen LogP contribution in [0.5, 0.6) is 0 Å². The summed E-state index contributed by atoms with van der Waals surface area (Å²) in [5.41, 5.74) is 5.67.